The minimum absolute atomic E-state index is 0.0240. The number of methoxy groups -OCH3 is 1. The summed E-state index contributed by atoms with van der Waals surface area (Å²) in [5.74, 6) is 0.145. The van der Waals surface area contributed by atoms with Gasteiger partial charge in [0.1, 0.15) is 17.4 Å². The van der Waals surface area contributed by atoms with Gasteiger partial charge in [0.15, 0.2) is 0 Å². The summed E-state index contributed by atoms with van der Waals surface area (Å²) in [5, 5.41) is 9.80. The summed E-state index contributed by atoms with van der Waals surface area (Å²) < 4.78 is 10.7. The van der Waals surface area contributed by atoms with Crippen LogP contribution in [0.2, 0.25) is 0 Å². The van der Waals surface area contributed by atoms with Crippen LogP contribution in [0.1, 0.15) is 69.4 Å². The van der Waals surface area contributed by atoms with Crippen LogP contribution in [-0.2, 0) is 9.53 Å². The number of hydrogen-bond acceptors (Lipinski definition) is 4. The summed E-state index contributed by atoms with van der Waals surface area (Å²) >= 11 is 0. The number of nitriles is 1. The maximum absolute atomic E-state index is 12.8. The first kappa shape index (κ1) is 24.2. The molecule has 0 unspecified atom stereocenters. The number of esters is 1. The Morgan fingerprint density at radius 1 is 0.839 bits per heavy atom. The van der Waals surface area contributed by atoms with Crippen LogP contribution < -0.4 is 4.74 Å². The van der Waals surface area contributed by atoms with Gasteiger partial charge < -0.3 is 9.47 Å². The van der Waals surface area contributed by atoms with Crippen molar-refractivity contribution in [2.45, 2.75) is 58.3 Å². The molecule has 164 valence electrons. The highest BCUT2D eigenvalue weighted by atomic mass is 16.5. The lowest BCUT2D eigenvalue weighted by atomic mass is 9.93. The molecule has 0 bridgehead atoms. The van der Waals surface area contributed by atoms with Crippen molar-refractivity contribution in [3.63, 3.8) is 0 Å². The lowest BCUT2D eigenvalue weighted by Crippen LogP contribution is -2.11. The fourth-order valence-corrected chi connectivity index (χ4v) is 3.49. The van der Waals surface area contributed by atoms with Crippen molar-refractivity contribution in [1.82, 2.24) is 0 Å². The van der Waals surface area contributed by atoms with Gasteiger partial charge in [0, 0.05) is 5.57 Å². The quantitative estimate of drug-likeness (QED) is 0.157. The molecule has 2 aromatic rings. The average Bonchev–Trinajstić information content (AvgIpc) is 2.82. The van der Waals surface area contributed by atoms with Crippen LogP contribution in [-0.4, -0.2) is 19.7 Å². The molecular formula is C27H33NO3. The van der Waals surface area contributed by atoms with Crippen LogP contribution >= 0.6 is 0 Å². The molecule has 0 N–H and O–H groups in total. The van der Waals surface area contributed by atoms with Gasteiger partial charge in [-0.1, -0.05) is 94.3 Å². The monoisotopic (exact) mass is 419 g/mol. The van der Waals surface area contributed by atoms with E-state index < -0.39 is 5.97 Å². The van der Waals surface area contributed by atoms with E-state index in [0.717, 1.165) is 30.4 Å². The maximum atomic E-state index is 12.8. The van der Waals surface area contributed by atoms with Crippen molar-refractivity contribution in [1.29, 1.82) is 5.26 Å². The number of benzene rings is 2. The summed E-state index contributed by atoms with van der Waals surface area (Å²) in [5.41, 5.74) is 2.17. The van der Waals surface area contributed by atoms with Crippen molar-refractivity contribution in [3.8, 4) is 11.8 Å². The molecule has 2 rings (SSSR count). The zero-order chi connectivity index (χ0) is 22.3. The van der Waals surface area contributed by atoms with E-state index >= 15 is 0 Å². The molecule has 0 amide bonds. The number of rotatable bonds is 13. The lowest BCUT2D eigenvalue weighted by Gasteiger charge is -2.12. The third kappa shape index (κ3) is 7.94. The molecular weight excluding hydrogens is 386 g/mol. The highest BCUT2D eigenvalue weighted by Crippen LogP contribution is 2.29. The van der Waals surface area contributed by atoms with Crippen LogP contribution in [0.4, 0.5) is 0 Å². The molecule has 0 aliphatic carbocycles. The topological polar surface area (TPSA) is 59.3 Å². The van der Waals surface area contributed by atoms with Gasteiger partial charge in [-0.05, 0) is 29.7 Å². The molecule has 0 heterocycles. The Morgan fingerprint density at radius 3 is 2.00 bits per heavy atom. The van der Waals surface area contributed by atoms with E-state index in [1.807, 2.05) is 54.6 Å². The van der Waals surface area contributed by atoms with Crippen LogP contribution in [0.5, 0.6) is 5.75 Å². The third-order valence-electron chi connectivity index (χ3n) is 5.24. The van der Waals surface area contributed by atoms with E-state index in [1.54, 1.807) is 7.11 Å². The molecule has 0 aliphatic rings. The number of nitrogens with zero attached hydrogens (tertiary/aromatic N) is 1. The number of ether oxygens (including phenoxy) is 2. The van der Waals surface area contributed by atoms with Crippen LogP contribution in [0, 0.1) is 11.3 Å². The SMILES string of the molecule is CCCCCCCCCCOC(=O)C(C#N)=C(c1ccccc1)c1ccc(OC)cc1. The molecule has 0 aromatic heterocycles. The van der Waals surface area contributed by atoms with Gasteiger partial charge in [-0.2, -0.15) is 5.26 Å². The van der Waals surface area contributed by atoms with Crippen LogP contribution in [0.3, 0.4) is 0 Å². The van der Waals surface area contributed by atoms with Crippen LogP contribution in [0.25, 0.3) is 5.57 Å². The fraction of sp³-hybridized carbons (Fsp3) is 0.407. The van der Waals surface area contributed by atoms with E-state index in [4.69, 9.17) is 9.47 Å². The Bertz CT molecular complexity index is 864. The van der Waals surface area contributed by atoms with Crippen molar-refractivity contribution in [3.05, 3.63) is 71.3 Å². The Morgan fingerprint density at radius 2 is 1.42 bits per heavy atom. The van der Waals surface area contributed by atoms with Gasteiger partial charge in [0.25, 0.3) is 0 Å². The Kier molecular flexibility index (Phi) is 11.0. The molecule has 4 nitrogen and oxygen atoms in total. The largest absolute Gasteiger partial charge is 0.497 e. The smallest absolute Gasteiger partial charge is 0.349 e. The number of unbranched alkanes of at least 4 members (excludes halogenated alkanes) is 7. The van der Waals surface area contributed by atoms with E-state index in [-0.39, 0.29) is 5.57 Å². The maximum Gasteiger partial charge on any atom is 0.349 e. The Labute approximate surface area is 186 Å². The van der Waals surface area contributed by atoms with Gasteiger partial charge in [-0.3, -0.25) is 0 Å². The van der Waals surface area contributed by atoms with E-state index in [0.29, 0.717) is 17.9 Å². The molecule has 0 saturated carbocycles. The second-order valence-electron chi connectivity index (χ2n) is 7.57. The van der Waals surface area contributed by atoms with Crippen molar-refractivity contribution < 1.29 is 14.3 Å². The number of hydrogen-bond donors (Lipinski definition) is 0. The van der Waals surface area contributed by atoms with E-state index in [9.17, 15) is 10.1 Å². The fourth-order valence-electron chi connectivity index (χ4n) is 3.49. The third-order valence-corrected chi connectivity index (χ3v) is 5.24. The average molecular weight is 420 g/mol. The first-order valence-electron chi connectivity index (χ1n) is 11.2. The van der Waals surface area contributed by atoms with Gasteiger partial charge >= 0.3 is 5.97 Å². The highest BCUT2D eigenvalue weighted by molar-refractivity contribution is 6.05. The van der Waals surface area contributed by atoms with Crippen molar-refractivity contribution in [2.24, 2.45) is 0 Å². The molecule has 0 atom stereocenters. The van der Waals surface area contributed by atoms with Crippen molar-refractivity contribution >= 4 is 11.5 Å². The molecule has 0 fully saturated rings. The molecule has 2 aromatic carbocycles. The second-order valence-corrected chi connectivity index (χ2v) is 7.57. The predicted molar refractivity (Wildman–Crippen MR) is 125 cm³/mol. The summed E-state index contributed by atoms with van der Waals surface area (Å²) in [6.07, 6.45) is 9.38. The molecule has 4 heteroatoms. The minimum atomic E-state index is -0.569. The van der Waals surface area contributed by atoms with Gasteiger partial charge in [0.05, 0.1) is 13.7 Å². The first-order valence-corrected chi connectivity index (χ1v) is 11.2. The van der Waals surface area contributed by atoms with Crippen molar-refractivity contribution in [2.75, 3.05) is 13.7 Å². The number of carbonyl (C=O) groups is 1. The predicted octanol–water partition coefficient (Wildman–Crippen LogP) is 6.70. The summed E-state index contributed by atoms with van der Waals surface area (Å²) in [6.45, 7) is 2.56. The molecule has 31 heavy (non-hydrogen) atoms. The van der Waals surface area contributed by atoms with Gasteiger partial charge in [-0.25, -0.2) is 4.79 Å². The van der Waals surface area contributed by atoms with Crippen LogP contribution in [0.15, 0.2) is 60.2 Å². The van der Waals surface area contributed by atoms with Gasteiger partial charge in [-0.15, -0.1) is 0 Å². The molecule has 0 radical (unpaired) electrons. The highest BCUT2D eigenvalue weighted by Gasteiger charge is 2.20. The zero-order valence-corrected chi connectivity index (χ0v) is 18.7. The first-order chi connectivity index (χ1) is 15.2. The second kappa shape index (κ2) is 14.0. The normalized spacial score (nSPS) is 11.4. The molecule has 0 saturated heterocycles. The minimum Gasteiger partial charge on any atom is -0.497 e. The summed E-state index contributed by atoms with van der Waals surface area (Å²) in [6, 6.07) is 18.9. The Hall–Kier alpha value is -3.06. The number of carbonyl (C=O) groups excluding carboxylic acids is 1. The van der Waals surface area contributed by atoms with E-state index in [2.05, 4.69) is 13.0 Å². The standard InChI is InChI=1S/C27H33NO3/c1-3-4-5-6-7-8-9-13-20-31-27(29)25(21-28)26(22-14-11-10-12-15-22)23-16-18-24(30-2)19-17-23/h10-12,14-19H,3-9,13,20H2,1-2H3. The molecule has 0 aliphatic heterocycles. The zero-order valence-electron chi connectivity index (χ0n) is 18.7. The Balaban J connectivity index is 2.06. The lowest BCUT2D eigenvalue weighted by molar-refractivity contribution is -0.138. The summed E-state index contributed by atoms with van der Waals surface area (Å²) in [4.78, 5) is 12.8. The van der Waals surface area contributed by atoms with E-state index in [1.165, 1.54) is 32.1 Å². The molecule has 0 spiro atoms. The summed E-state index contributed by atoms with van der Waals surface area (Å²) in [7, 11) is 1.60. The van der Waals surface area contributed by atoms with Gasteiger partial charge in [0.2, 0.25) is 0 Å².